The van der Waals surface area contributed by atoms with Gasteiger partial charge in [0, 0.05) is 5.41 Å². The molecule has 0 heterocycles. The molecule has 0 unspecified atom stereocenters. The van der Waals surface area contributed by atoms with Gasteiger partial charge in [0.15, 0.2) is 23.0 Å². The fourth-order valence-corrected chi connectivity index (χ4v) is 3.48. The third-order valence-electron chi connectivity index (χ3n) is 5.02. The number of phenolic OH excluding ortho intramolecular Hbond substituents is 2. The molecule has 0 aliphatic heterocycles. The fourth-order valence-electron chi connectivity index (χ4n) is 3.48. The van der Waals surface area contributed by atoms with Crippen molar-refractivity contribution in [1.82, 2.24) is 0 Å². The minimum absolute atomic E-state index is 0.0941. The van der Waals surface area contributed by atoms with Crippen LogP contribution in [0.2, 0.25) is 0 Å². The van der Waals surface area contributed by atoms with E-state index in [9.17, 15) is 10.2 Å². The minimum Gasteiger partial charge on any atom is -0.504 e. The molecule has 28 heavy (non-hydrogen) atoms. The normalized spacial score (nSPS) is 11.2. The molecule has 3 rings (SSSR count). The number of phenols is 2. The van der Waals surface area contributed by atoms with Crippen molar-refractivity contribution in [1.29, 1.82) is 0 Å². The number of aromatic hydroxyl groups is 2. The van der Waals surface area contributed by atoms with Crippen LogP contribution in [0.1, 0.15) is 37.5 Å². The summed E-state index contributed by atoms with van der Waals surface area (Å²) in [6.45, 7) is 6.80. The molecule has 4 nitrogen and oxygen atoms in total. The number of ether oxygens (including phenoxy) is 2. The third kappa shape index (κ3) is 3.63. The molecule has 0 radical (unpaired) electrons. The molecule has 0 atom stereocenters. The van der Waals surface area contributed by atoms with Crippen molar-refractivity contribution in [3.63, 3.8) is 0 Å². The van der Waals surface area contributed by atoms with E-state index in [-0.39, 0.29) is 11.5 Å². The van der Waals surface area contributed by atoms with Gasteiger partial charge >= 0.3 is 0 Å². The van der Waals surface area contributed by atoms with Crippen LogP contribution in [0.5, 0.6) is 23.0 Å². The van der Waals surface area contributed by atoms with Crippen molar-refractivity contribution < 1.29 is 19.7 Å². The van der Waals surface area contributed by atoms with Gasteiger partial charge < -0.3 is 19.7 Å². The Morgan fingerprint density at radius 2 is 1.14 bits per heavy atom. The van der Waals surface area contributed by atoms with Gasteiger partial charge in [-0.25, -0.2) is 0 Å². The molecule has 0 aliphatic rings. The van der Waals surface area contributed by atoms with Crippen LogP contribution in [0.25, 0.3) is 0 Å². The zero-order valence-electron chi connectivity index (χ0n) is 16.5. The molecular formula is C24H26O4. The lowest BCUT2D eigenvalue weighted by Gasteiger charge is -2.32. The largest absolute Gasteiger partial charge is 0.504 e. The lowest BCUT2D eigenvalue weighted by Crippen LogP contribution is -2.25. The third-order valence-corrected chi connectivity index (χ3v) is 5.02. The Morgan fingerprint density at radius 1 is 0.679 bits per heavy atom. The maximum Gasteiger partial charge on any atom is 0.160 e. The summed E-state index contributed by atoms with van der Waals surface area (Å²) >= 11 is 0. The Balaban J connectivity index is 2.17. The summed E-state index contributed by atoms with van der Waals surface area (Å²) in [5.41, 5.74) is 2.24. The summed E-state index contributed by atoms with van der Waals surface area (Å²) < 4.78 is 10.9. The molecule has 0 aliphatic carbocycles. The topological polar surface area (TPSA) is 58.9 Å². The lowest BCUT2D eigenvalue weighted by molar-refractivity contribution is 0.317. The maximum atomic E-state index is 10.5. The monoisotopic (exact) mass is 378 g/mol. The SMILES string of the molecule is CCOc1ccc(C(C)(c2ccccc2)c2ccc(OCC)c(O)c2)cc1O. The average molecular weight is 378 g/mol. The van der Waals surface area contributed by atoms with Crippen LogP contribution in [-0.2, 0) is 5.41 Å². The molecule has 3 aromatic carbocycles. The predicted octanol–water partition coefficient (Wildman–Crippen LogP) is 5.25. The minimum atomic E-state index is -0.592. The standard InChI is InChI=1S/C24H26O4/c1-4-27-22-13-11-18(15-20(22)25)24(3,17-9-7-6-8-10-17)19-12-14-23(28-5-2)21(26)16-19/h6-16,25-26H,4-5H2,1-3H3. The number of hydrogen-bond donors (Lipinski definition) is 2. The Morgan fingerprint density at radius 3 is 1.54 bits per heavy atom. The predicted molar refractivity (Wildman–Crippen MR) is 111 cm³/mol. The Labute approximate surface area is 166 Å². The van der Waals surface area contributed by atoms with Gasteiger partial charge in [-0.15, -0.1) is 0 Å². The van der Waals surface area contributed by atoms with E-state index in [1.807, 2.05) is 56.3 Å². The van der Waals surface area contributed by atoms with Crippen molar-refractivity contribution >= 4 is 0 Å². The highest BCUT2D eigenvalue weighted by Crippen LogP contribution is 2.43. The van der Waals surface area contributed by atoms with Crippen LogP contribution < -0.4 is 9.47 Å². The van der Waals surface area contributed by atoms with Crippen LogP contribution in [0.3, 0.4) is 0 Å². The molecule has 0 fully saturated rings. The second-order valence-corrected chi connectivity index (χ2v) is 6.72. The summed E-state index contributed by atoms with van der Waals surface area (Å²) in [5, 5.41) is 20.9. The van der Waals surface area contributed by atoms with Crippen molar-refractivity contribution in [3.05, 3.63) is 83.4 Å². The summed E-state index contributed by atoms with van der Waals surface area (Å²) in [4.78, 5) is 0. The first-order chi connectivity index (χ1) is 13.5. The van der Waals surface area contributed by atoms with E-state index in [1.165, 1.54) is 0 Å². The van der Waals surface area contributed by atoms with Gasteiger partial charge in [-0.3, -0.25) is 0 Å². The van der Waals surface area contributed by atoms with E-state index in [0.29, 0.717) is 24.7 Å². The van der Waals surface area contributed by atoms with Crippen LogP contribution in [-0.4, -0.2) is 23.4 Å². The van der Waals surface area contributed by atoms with E-state index < -0.39 is 5.41 Å². The number of rotatable bonds is 7. The van der Waals surface area contributed by atoms with E-state index >= 15 is 0 Å². The first-order valence-corrected chi connectivity index (χ1v) is 9.48. The van der Waals surface area contributed by atoms with Gasteiger partial charge in [0.2, 0.25) is 0 Å². The van der Waals surface area contributed by atoms with Crippen molar-refractivity contribution in [3.8, 4) is 23.0 Å². The van der Waals surface area contributed by atoms with Gasteiger partial charge in [-0.05, 0) is 61.7 Å². The van der Waals surface area contributed by atoms with Crippen LogP contribution in [0.4, 0.5) is 0 Å². The number of benzene rings is 3. The van der Waals surface area contributed by atoms with E-state index in [0.717, 1.165) is 16.7 Å². The Kier molecular flexibility index (Phi) is 5.78. The van der Waals surface area contributed by atoms with Gasteiger partial charge in [-0.2, -0.15) is 0 Å². The molecule has 2 N–H and O–H groups in total. The highest BCUT2D eigenvalue weighted by molar-refractivity contribution is 5.56. The molecule has 0 spiro atoms. The molecule has 0 aromatic heterocycles. The first kappa shape index (κ1) is 19.6. The van der Waals surface area contributed by atoms with Crippen LogP contribution >= 0.6 is 0 Å². The second-order valence-electron chi connectivity index (χ2n) is 6.72. The molecule has 0 saturated carbocycles. The van der Waals surface area contributed by atoms with Crippen molar-refractivity contribution in [2.45, 2.75) is 26.2 Å². The smallest absolute Gasteiger partial charge is 0.160 e. The van der Waals surface area contributed by atoms with E-state index in [4.69, 9.17) is 9.47 Å². The molecule has 4 heteroatoms. The average Bonchev–Trinajstić information content (AvgIpc) is 2.71. The van der Waals surface area contributed by atoms with Crippen LogP contribution in [0.15, 0.2) is 66.7 Å². The summed E-state index contributed by atoms with van der Waals surface area (Å²) in [5.74, 6) is 1.10. The summed E-state index contributed by atoms with van der Waals surface area (Å²) in [7, 11) is 0. The summed E-state index contributed by atoms with van der Waals surface area (Å²) in [6, 6.07) is 20.9. The molecule has 3 aromatic rings. The molecule has 0 bridgehead atoms. The van der Waals surface area contributed by atoms with Crippen molar-refractivity contribution in [2.75, 3.05) is 13.2 Å². The molecule has 146 valence electrons. The van der Waals surface area contributed by atoms with Gasteiger partial charge in [0.1, 0.15) is 0 Å². The molecular weight excluding hydrogens is 352 g/mol. The zero-order chi connectivity index (χ0) is 20.1. The quantitative estimate of drug-likeness (QED) is 0.551. The highest BCUT2D eigenvalue weighted by Gasteiger charge is 2.32. The second kappa shape index (κ2) is 8.26. The fraction of sp³-hybridized carbons (Fsp3) is 0.250. The van der Waals surface area contributed by atoms with E-state index in [1.54, 1.807) is 24.3 Å². The Hall–Kier alpha value is -3.14. The molecule has 0 amide bonds. The molecule has 0 saturated heterocycles. The Bertz CT molecular complexity index is 879. The lowest BCUT2D eigenvalue weighted by atomic mass is 9.71. The summed E-state index contributed by atoms with van der Waals surface area (Å²) in [6.07, 6.45) is 0. The number of hydrogen-bond acceptors (Lipinski definition) is 4. The van der Waals surface area contributed by atoms with Gasteiger partial charge in [0.05, 0.1) is 13.2 Å². The zero-order valence-corrected chi connectivity index (χ0v) is 16.5. The van der Waals surface area contributed by atoms with Crippen molar-refractivity contribution in [2.24, 2.45) is 0 Å². The van der Waals surface area contributed by atoms with Crippen LogP contribution in [0, 0.1) is 0 Å². The van der Waals surface area contributed by atoms with Gasteiger partial charge in [-0.1, -0.05) is 42.5 Å². The highest BCUT2D eigenvalue weighted by atomic mass is 16.5. The maximum absolute atomic E-state index is 10.5. The first-order valence-electron chi connectivity index (χ1n) is 9.48. The van der Waals surface area contributed by atoms with E-state index in [2.05, 4.69) is 6.92 Å². The van der Waals surface area contributed by atoms with Gasteiger partial charge in [0.25, 0.3) is 0 Å².